The molecule has 0 atom stereocenters. The number of likely N-dealkylation sites (tertiary alicyclic amines) is 1. The molecule has 0 aliphatic carbocycles. The minimum atomic E-state index is -0.652. The standard InChI is InChI=1S/C14H26N2O3/c1-14(2,18)11-15-5-3-12(4-6-15)13(17)16-7-9-19-10-8-16/h12,18H,3-11H2,1-2H3. The number of morpholine rings is 1. The lowest BCUT2D eigenvalue weighted by atomic mass is 9.94. The average molecular weight is 270 g/mol. The van der Waals surface area contributed by atoms with Crippen LogP contribution in [0.2, 0.25) is 0 Å². The summed E-state index contributed by atoms with van der Waals surface area (Å²) in [4.78, 5) is 16.5. The van der Waals surface area contributed by atoms with E-state index < -0.39 is 5.60 Å². The summed E-state index contributed by atoms with van der Waals surface area (Å²) in [6.45, 7) is 8.98. The molecule has 2 heterocycles. The minimum absolute atomic E-state index is 0.163. The van der Waals surface area contributed by atoms with Gasteiger partial charge in [-0.3, -0.25) is 4.79 Å². The molecule has 0 aromatic carbocycles. The maximum Gasteiger partial charge on any atom is 0.225 e. The van der Waals surface area contributed by atoms with Crippen LogP contribution in [0.15, 0.2) is 0 Å². The lowest BCUT2D eigenvalue weighted by molar-refractivity contribution is -0.141. The molecule has 2 aliphatic heterocycles. The van der Waals surface area contributed by atoms with E-state index in [2.05, 4.69) is 4.90 Å². The van der Waals surface area contributed by atoms with Gasteiger partial charge in [0.1, 0.15) is 0 Å². The first-order valence-electron chi connectivity index (χ1n) is 7.27. The zero-order valence-corrected chi connectivity index (χ0v) is 12.1. The van der Waals surface area contributed by atoms with Crippen LogP contribution < -0.4 is 0 Å². The highest BCUT2D eigenvalue weighted by Crippen LogP contribution is 2.21. The van der Waals surface area contributed by atoms with Crippen molar-refractivity contribution in [3.63, 3.8) is 0 Å². The lowest BCUT2D eigenvalue weighted by Crippen LogP contribution is -2.48. The predicted molar refractivity (Wildman–Crippen MR) is 72.9 cm³/mol. The summed E-state index contributed by atoms with van der Waals surface area (Å²) in [7, 11) is 0. The monoisotopic (exact) mass is 270 g/mol. The fourth-order valence-electron chi connectivity index (χ4n) is 2.93. The Balaban J connectivity index is 1.77. The summed E-state index contributed by atoms with van der Waals surface area (Å²) in [5.74, 6) is 0.461. The van der Waals surface area contributed by atoms with Gasteiger partial charge in [-0.25, -0.2) is 0 Å². The minimum Gasteiger partial charge on any atom is -0.389 e. The first-order chi connectivity index (χ1) is 8.96. The summed E-state index contributed by atoms with van der Waals surface area (Å²) in [5, 5.41) is 9.82. The smallest absolute Gasteiger partial charge is 0.225 e. The number of hydrogen-bond acceptors (Lipinski definition) is 4. The third-order valence-corrected chi connectivity index (χ3v) is 3.87. The highest BCUT2D eigenvalue weighted by molar-refractivity contribution is 5.79. The second-order valence-electron chi connectivity index (χ2n) is 6.30. The number of carbonyl (C=O) groups is 1. The molecule has 5 nitrogen and oxygen atoms in total. The largest absolute Gasteiger partial charge is 0.389 e. The van der Waals surface area contributed by atoms with E-state index in [0.29, 0.717) is 25.7 Å². The van der Waals surface area contributed by atoms with Crippen LogP contribution in [0.1, 0.15) is 26.7 Å². The van der Waals surface area contributed by atoms with Gasteiger partial charge in [-0.1, -0.05) is 0 Å². The Morgan fingerprint density at radius 3 is 2.32 bits per heavy atom. The number of rotatable bonds is 3. The van der Waals surface area contributed by atoms with Crippen molar-refractivity contribution in [2.45, 2.75) is 32.3 Å². The van der Waals surface area contributed by atoms with E-state index in [0.717, 1.165) is 39.0 Å². The Kier molecular flexibility index (Phi) is 4.81. The SMILES string of the molecule is CC(C)(O)CN1CCC(C(=O)N2CCOCC2)CC1. The topological polar surface area (TPSA) is 53.0 Å². The molecule has 110 valence electrons. The van der Waals surface area contributed by atoms with Gasteiger partial charge >= 0.3 is 0 Å². The second kappa shape index (κ2) is 6.20. The molecule has 0 aromatic heterocycles. The van der Waals surface area contributed by atoms with Crippen molar-refractivity contribution in [2.75, 3.05) is 45.9 Å². The van der Waals surface area contributed by atoms with E-state index in [1.807, 2.05) is 18.7 Å². The summed E-state index contributed by atoms with van der Waals surface area (Å²) in [5.41, 5.74) is -0.652. The van der Waals surface area contributed by atoms with Crippen LogP contribution in [0.5, 0.6) is 0 Å². The van der Waals surface area contributed by atoms with Crippen molar-refractivity contribution in [3.8, 4) is 0 Å². The van der Waals surface area contributed by atoms with Crippen LogP contribution in [0.4, 0.5) is 0 Å². The average Bonchev–Trinajstić information content (AvgIpc) is 2.38. The summed E-state index contributed by atoms with van der Waals surface area (Å²) in [6.07, 6.45) is 1.82. The Morgan fingerprint density at radius 1 is 1.21 bits per heavy atom. The third kappa shape index (κ3) is 4.44. The lowest BCUT2D eigenvalue weighted by Gasteiger charge is -2.37. The molecule has 0 unspecified atom stereocenters. The number of amides is 1. The summed E-state index contributed by atoms with van der Waals surface area (Å²) >= 11 is 0. The van der Waals surface area contributed by atoms with Crippen molar-refractivity contribution < 1.29 is 14.6 Å². The molecule has 0 bridgehead atoms. The first-order valence-corrected chi connectivity index (χ1v) is 7.27. The van der Waals surface area contributed by atoms with Crippen molar-refractivity contribution in [2.24, 2.45) is 5.92 Å². The molecule has 1 N–H and O–H groups in total. The van der Waals surface area contributed by atoms with Gasteiger partial charge in [-0.05, 0) is 39.8 Å². The number of hydrogen-bond donors (Lipinski definition) is 1. The molecule has 2 aliphatic rings. The number of carbonyl (C=O) groups excluding carboxylic acids is 1. The van der Waals surface area contributed by atoms with E-state index in [4.69, 9.17) is 4.74 Å². The van der Waals surface area contributed by atoms with Gasteiger partial charge in [-0.15, -0.1) is 0 Å². The summed E-state index contributed by atoms with van der Waals surface area (Å²) < 4.78 is 5.28. The van der Waals surface area contributed by atoms with Crippen molar-refractivity contribution in [1.29, 1.82) is 0 Å². The van der Waals surface area contributed by atoms with E-state index in [9.17, 15) is 9.90 Å². The molecule has 2 fully saturated rings. The Labute approximate surface area is 115 Å². The van der Waals surface area contributed by atoms with E-state index in [-0.39, 0.29) is 5.92 Å². The fourth-order valence-corrected chi connectivity index (χ4v) is 2.93. The normalized spacial score (nSPS) is 23.6. The molecule has 2 rings (SSSR count). The molecule has 0 aromatic rings. The van der Waals surface area contributed by atoms with Gasteiger partial charge in [-0.2, -0.15) is 0 Å². The highest BCUT2D eigenvalue weighted by Gasteiger charge is 2.30. The van der Waals surface area contributed by atoms with Crippen molar-refractivity contribution in [1.82, 2.24) is 9.80 Å². The molecule has 0 saturated carbocycles. The van der Waals surface area contributed by atoms with Gasteiger partial charge < -0.3 is 19.6 Å². The number of aliphatic hydroxyl groups is 1. The Morgan fingerprint density at radius 2 is 1.79 bits per heavy atom. The maximum absolute atomic E-state index is 12.3. The van der Waals surface area contributed by atoms with Crippen LogP contribution in [0.3, 0.4) is 0 Å². The third-order valence-electron chi connectivity index (χ3n) is 3.87. The quantitative estimate of drug-likeness (QED) is 0.803. The van der Waals surface area contributed by atoms with Crippen molar-refractivity contribution in [3.05, 3.63) is 0 Å². The van der Waals surface area contributed by atoms with Crippen LogP contribution in [-0.4, -0.2) is 72.4 Å². The van der Waals surface area contributed by atoms with E-state index >= 15 is 0 Å². The molecule has 5 heteroatoms. The number of piperidine rings is 1. The molecule has 19 heavy (non-hydrogen) atoms. The van der Waals surface area contributed by atoms with E-state index in [1.165, 1.54) is 0 Å². The van der Waals surface area contributed by atoms with Gasteiger partial charge in [0.25, 0.3) is 0 Å². The predicted octanol–water partition coefficient (Wildman–Crippen LogP) is 0.328. The first kappa shape index (κ1) is 14.8. The molecule has 2 saturated heterocycles. The van der Waals surface area contributed by atoms with Crippen molar-refractivity contribution >= 4 is 5.91 Å². The fraction of sp³-hybridized carbons (Fsp3) is 0.929. The van der Waals surface area contributed by atoms with Gasteiger partial charge in [0.2, 0.25) is 5.91 Å². The van der Waals surface area contributed by atoms with E-state index in [1.54, 1.807) is 0 Å². The van der Waals surface area contributed by atoms with Crippen LogP contribution in [0.25, 0.3) is 0 Å². The number of nitrogens with zero attached hydrogens (tertiary/aromatic N) is 2. The maximum atomic E-state index is 12.3. The van der Waals surface area contributed by atoms with Gasteiger partial charge in [0.15, 0.2) is 0 Å². The second-order valence-corrected chi connectivity index (χ2v) is 6.30. The van der Waals surface area contributed by atoms with Gasteiger partial charge in [0.05, 0.1) is 18.8 Å². The number of ether oxygens (including phenoxy) is 1. The summed E-state index contributed by atoms with van der Waals surface area (Å²) in [6, 6.07) is 0. The molecule has 0 spiro atoms. The molecular formula is C14H26N2O3. The van der Waals surface area contributed by atoms with Crippen LogP contribution in [0, 0.1) is 5.92 Å². The zero-order chi connectivity index (χ0) is 13.9. The molecule has 0 radical (unpaired) electrons. The highest BCUT2D eigenvalue weighted by atomic mass is 16.5. The Hall–Kier alpha value is -0.650. The van der Waals surface area contributed by atoms with Crippen LogP contribution >= 0.6 is 0 Å². The zero-order valence-electron chi connectivity index (χ0n) is 12.1. The van der Waals surface area contributed by atoms with Crippen LogP contribution in [-0.2, 0) is 9.53 Å². The molecular weight excluding hydrogens is 244 g/mol. The Bertz CT molecular complexity index is 300. The van der Waals surface area contributed by atoms with Gasteiger partial charge in [0, 0.05) is 25.6 Å². The number of β-amino-alcohol motifs (C(OH)–C–C–N with tert-alkyl or cyclic N) is 1. The molecule has 1 amide bonds.